The summed E-state index contributed by atoms with van der Waals surface area (Å²) in [7, 11) is -3.84. The third-order valence-corrected chi connectivity index (χ3v) is 6.06. The van der Waals surface area contributed by atoms with E-state index in [-0.39, 0.29) is 4.90 Å². The summed E-state index contributed by atoms with van der Waals surface area (Å²) >= 11 is 2.17. The van der Waals surface area contributed by atoms with Crippen LogP contribution in [0.1, 0.15) is 16.6 Å². The van der Waals surface area contributed by atoms with Crippen LogP contribution < -0.4 is 5.14 Å². The largest absolute Gasteiger partial charge is 0.242 e. The Kier molecular flexibility index (Phi) is 4.76. The van der Waals surface area contributed by atoms with E-state index in [4.69, 9.17) is 15.7 Å². The van der Waals surface area contributed by atoms with Gasteiger partial charge in [0.05, 0.1) is 28.2 Å². The van der Waals surface area contributed by atoms with Gasteiger partial charge in [-0.3, -0.25) is 0 Å². The number of thiazole rings is 1. The van der Waals surface area contributed by atoms with Gasteiger partial charge in [0.25, 0.3) is 0 Å². The molecule has 0 radical (unpaired) electrons. The normalized spacial score (nSPS) is 11.9. The summed E-state index contributed by atoms with van der Waals surface area (Å²) in [6, 6.07) is 8.04. The van der Waals surface area contributed by atoms with Gasteiger partial charge in [-0.05, 0) is 36.7 Å². The van der Waals surface area contributed by atoms with Crippen LogP contribution in [0.3, 0.4) is 0 Å². The van der Waals surface area contributed by atoms with Crippen molar-refractivity contribution < 1.29 is 8.42 Å². The van der Waals surface area contributed by atoms with Gasteiger partial charge >= 0.3 is 0 Å². The van der Waals surface area contributed by atoms with E-state index in [1.165, 1.54) is 12.1 Å². The highest BCUT2D eigenvalue weighted by molar-refractivity contribution is 7.89. The van der Waals surface area contributed by atoms with Crippen molar-refractivity contribution in [1.29, 1.82) is 10.5 Å². The van der Waals surface area contributed by atoms with Crippen molar-refractivity contribution in [3.8, 4) is 12.1 Å². The monoisotopic (exact) mass is 403 g/mol. The molecule has 3 aromatic rings. The second-order valence-electron chi connectivity index (χ2n) is 5.05. The second kappa shape index (κ2) is 6.86. The first-order valence-electron chi connectivity index (χ1n) is 6.94. The summed E-state index contributed by atoms with van der Waals surface area (Å²) in [4.78, 5) is 4.13. The zero-order chi connectivity index (χ0) is 18.9. The molecule has 130 valence electrons. The Bertz CT molecular complexity index is 1200. The van der Waals surface area contributed by atoms with Gasteiger partial charge in [0, 0.05) is 5.39 Å². The molecule has 9 nitrogen and oxygen atoms in total. The van der Waals surface area contributed by atoms with Crippen LogP contribution in [0, 0.1) is 29.6 Å². The minimum atomic E-state index is -3.84. The molecule has 0 saturated heterocycles. The van der Waals surface area contributed by atoms with Crippen LogP contribution in [-0.2, 0) is 10.0 Å². The smallest absolute Gasteiger partial charge is 0.238 e. The lowest BCUT2D eigenvalue weighted by Gasteiger charge is -1.97. The van der Waals surface area contributed by atoms with Gasteiger partial charge in [-0.25, -0.2) is 18.5 Å². The lowest BCUT2D eigenvalue weighted by molar-refractivity contribution is 0.598. The third kappa shape index (κ3) is 3.44. The fraction of sp³-hybridized carbons (Fsp3) is 0.143. The molecule has 0 unspecified atom stereocenters. The average molecular weight is 403 g/mol. The molecule has 0 aliphatic rings. The molecule has 0 saturated carbocycles. The number of azo groups is 1. The standard InChI is InChI=1S/C14H9N7O2S3/c1-7-12(24-13(18-7)8(5-15)6-16)19-20-14-10-4-9(26(17,22)23)2-3-11(10)21-25-14/h2-4,8H,1H3,(H2,17,22,23)/b20-19+. The van der Waals surface area contributed by atoms with Gasteiger partial charge in [0.2, 0.25) is 10.0 Å². The number of nitriles is 2. The number of hydrogen-bond donors (Lipinski definition) is 1. The summed E-state index contributed by atoms with van der Waals surface area (Å²) in [5, 5.41) is 33.0. The number of nitrogens with zero attached hydrogens (tertiary/aromatic N) is 6. The first-order valence-corrected chi connectivity index (χ1v) is 10.1. The number of aromatic nitrogens is 2. The Labute approximate surface area is 156 Å². The van der Waals surface area contributed by atoms with E-state index in [1.807, 2.05) is 12.1 Å². The number of sulfonamides is 1. The zero-order valence-electron chi connectivity index (χ0n) is 13.1. The molecular formula is C14H9N7O2S3. The summed E-state index contributed by atoms with van der Waals surface area (Å²) in [5.74, 6) is -0.954. The molecule has 12 heteroatoms. The van der Waals surface area contributed by atoms with Gasteiger partial charge in [-0.1, -0.05) is 11.3 Å². The van der Waals surface area contributed by atoms with Crippen molar-refractivity contribution in [2.75, 3.05) is 0 Å². The Hall–Kier alpha value is -2.77. The fourth-order valence-electron chi connectivity index (χ4n) is 2.01. The number of primary sulfonamides is 1. The summed E-state index contributed by atoms with van der Waals surface area (Å²) in [6.45, 7) is 1.70. The first kappa shape index (κ1) is 18.0. The zero-order valence-corrected chi connectivity index (χ0v) is 15.6. The van der Waals surface area contributed by atoms with Crippen LogP contribution in [0.25, 0.3) is 10.9 Å². The number of benzene rings is 1. The molecule has 0 aliphatic carbocycles. The van der Waals surface area contributed by atoms with Gasteiger partial charge in [-0.2, -0.15) is 14.9 Å². The summed E-state index contributed by atoms with van der Waals surface area (Å²) in [5.41, 5.74) is 1.12. The number of aryl methyl sites for hydroxylation is 1. The Morgan fingerprint density at radius 2 is 1.92 bits per heavy atom. The number of fused-ring (bicyclic) bond motifs is 1. The third-order valence-electron chi connectivity index (χ3n) is 3.28. The van der Waals surface area contributed by atoms with Crippen molar-refractivity contribution in [3.05, 3.63) is 28.9 Å². The van der Waals surface area contributed by atoms with Crippen LogP contribution in [0.15, 0.2) is 33.3 Å². The minimum Gasteiger partial charge on any atom is -0.242 e. The van der Waals surface area contributed by atoms with Crippen molar-refractivity contribution in [2.24, 2.45) is 15.4 Å². The van der Waals surface area contributed by atoms with Crippen molar-refractivity contribution in [1.82, 2.24) is 9.36 Å². The molecule has 3 rings (SSSR count). The minimum absolute atomic E-state index is 0.0382. The highest BCUT2D eigenvalue weighted by Crippen LogP contribution is 2.36. The fourth-order valence-corrected chi connectivity index (χ4v) is 4.11. The first-order chi connectivity index (χ1) is 12.3. The Balaban J connectivity index is 1.99. The van der Waals surface area contributed by atoms with Crippen LogP contribution in [0.4, 0.5) is 10.0 Å². The van der Waals surface area contributed by atoms with E-state index < -0.39 is 15.9 Å². The SMILES string of the molecule is Cc1nc(C(C#N)C#N)sc1/N=N/c1snc2ccc(S(N)(=O)=O)cc12. The van der Waals surface area contributed by atoms with Crippen LogP contribution >= 0.6 is 22.9 Å². The van der Waals surface area contributed by atoms with Crippen LogP contribution in [-0.4, -0.2) is 17.8 Å². The molecule has 26 heavy (non-hydrogen) atoms. The molecule has 2 heterocycles. The predicted octanol–water partition coefficient (Wildman–Crippen LogP) is 3.25. The summed E-state index contributed by atoms with van der Waals surface area (Å²) in [6.07, 6.45) is 0. The predicted molar refractivity (Wildman–Crippen MR) is 96.0 cm³/mol. The van der Waals surface area contributed by atoms with Gasteiger partial charge in [-0.15, -0.1) is 10.2 Å². The molecule has 0 aliphatic heterocycles. The average Bonchev–Trinajstić information content (AvgIpc) is 3.16. The maximum Gasteiger partial charge on any atom is 0.238 e. The lowest BCUT2D eigenvalue weighted by atomic mass is 10.2. The van der Waals surface area contributed by atoms with Crippen molar-refractivity contribution >= 4 is 53.8 Å². The second-order valence-corrected chi connectivity index (χ2v) is 8.37. The number of hydrogen-bond acceptors (Lipinski definition) is 10. The summed E-state index contributed by atoms with van der Waals surface area (Å²) < 4.78 is 27.2. The molecule has 0 fully saturated rings. The maximum atomic E-state index is 11.5. The number of nitrogens with two attached hydrogens (primary N) is 1. The van der Waals surface area contributed by atoms with E-state index in [0.717, 1.165) is 22.9 Å². The maximum absolute atomic E-state index is 11.5. The molecule has 0 spiro atoms. The Morgan fingerprint density at radius 3 is 2.58 bits per heavy atom. The molecule has 2 N–H and O–H groups in total. The molecule has 0 bridgehead atoms. The van der Waals surface area contributed by atoms with Gasteiger partial charge in [0.15, 0.2) is 15.9 Å². The van der Waals surface area contributed by atoms with Gasteiger partial charge < -0.3 is 0 Å². The topological polar surface area (TPSA) is 158 Å². The van der Waals surface area contributed by atoms with E-state index in [9.17, 15) is 8.42 Å². The quantitative estimate of drug-likeness (QED) is 0.658. The van der Waals surface area contributed by atoms with Crippen LogP contribution in [0.2, 0.25) is 0 Å². The highest BCUT2D eigenvalue weighted by Gasteiger charge is 2.17. The molecule has 0 atom stereocenters. The lowest BCUT2D eigenvalue weighted by Crippen LogP contribution is -2.11. The van der Waals surface area contributed by atoms with Crippen molar-refractivity contribution in [2.45, 2.75) is 17.7 Å². The van der Waals surface area contributed by atoms with Gasteiger partial charge in [0.1, 0.15) is 5.01 Å². The van der Waals surface area contributed by atoms with E-state index >= 15 is 0 Å². The molecule has 0 amide bonds. The molecule has 2 aromatic heterocycles. The van der Waals surface area contributed by atoms with E-state index in [0.29, 0.717) is 31.6 Å². The Morgan fingerprint density at radius 1 is 1.23 bits per heavy atom. The van der Waals surface area contributed by atoms with E-state index in [2.05, 4.69) is 19.6 Å². The molecule has 1 aromatic carbocycles. The molecular weight excluding hydrogens is 394 g/mol. The van der Waals surface area contributed by atoms with Crippen LogP contribution in [0.5, 0.6) is 0 Å². The van der Waals surface area contributed by atoms with Crippen molar-refractivity contribution in [3.63, 3.8) is 0 Å². The number of rotatable bonds is 4. The highest BCUT2D eigenvalue weighted by atomic mass is 32.2. The van der Waals surface area contributed by atoms with E-state index in [1.54, 1.807) is 13.0 Å².